The number of likely N-dealkylation sites (tertiary alicyclic amines) is 1. The number of phenolic OH excluding ortho intramolecular Hbond substituents is 1. The molecule has 1 saturated heterocycles. The molecule has 2 aliphatic rings. The van der Waals surface area contributed by atoms with Crippen molar-refractivity contribution in [1.82, 2.24) is 4.90 Å². The van der Waals surface area contributed by atoms with Crippen molar-refractivity contribution in [1.29, 1.82) is 0 Å². The van der Waals surface area contributed by atoms with E-state index < -0.39 is 0 Å². The van der Waals surface area contributed by atoms with E-state index in [2.05, 4.69) is 79.4 Å². The number of hydrogen-bond acceptors (Lipinski definition) is 3. The van der Waals surface area contributed by atoms with Crippen molar-refractivity contribution in [2.75, 3.05) is 26.2 Å². The van der Waals surface area contributed by atoms with E-state index in [9.17, 15) is 5.11 Å². The van der Waals surface area contributed by atoms with Crippen molar-refractivity contribution in [2.45, 2.75) is 57.8 Å². The standard InChI is InChI=1S/C28H31NO2.C3H8/c30-24-11-15-27-23(20-24)10-14-26(21-6-2-1-3-7-21)28(27)22-8-12-25(13-9-22)31-19-18-29-16-4-5-17-29;1-3-2/h1-3,6-9,11-13,15,20,26,28,30H,4-5,10,14,16-19H2;3H2,1-2H3. The summed E-state index contributed by atoms with van der Waals surface area (Å²) in [5.41, 5.74) is 5.30. The van der Waals surface area contributed by atoms with Crippen molar-refractivity contribution in [3.8, 4) is 11.5 Å². The van der Waals surface area contributed by atoms with Crippen LogP contribution in [0.15, 0.2) is 72.8 Å². The Morgan fingerprint density at radius 2 is 1.59 bits per heavy atom. The van der Waals surface area contributed by atoms with Crippen LogP contribution in [0.3, 0.4) is 0 Å². The summed E-state index contributed by atoms with van der Waals surface area (Å²) in [5.74, 6) is 2.02. The number of aromatic hydroxyl groups is 1. The molecule has 0 saturated carbocycles. The molecule has 0 radical (unpaired) electrons. The van der Waals surface area contributed by atoms with E-state index in [1.165, 1.54) is 54.6 Å². The van der Waals surface area contributed by atoms with Gasteiger partial charge in [-0.3, -0.25) is 4.90 Å². The van der Waals surface area contributed by atoms with Crippen molar-refractivity contribution in [3.05, 3.63) is 95.1 Å². The quantitative estimate of drug-likeness (QED) is 0.427. The van der Waals surface area contributed by atoms with Gasteiger partial charge in [-0.2, -0.15) is 0 Å². The third kappa shape index (κ3) is 6.01. The molecular weight excluding hydrogens is 418 g/mol. The van der Waals surface area contributed by atoms with Crippen LogP contribution in [0, 0.1) is 0 Å². The van der Waals surface area contributed by atoms with Gasteiger partial charge in [0.25, 0.3) is 0 Å². The number of rotatable bonds is 6. The van der Waals surface area contributed by atoms with Gasteiger partial charge in [0.15, 0.2) is 0 Å². The van der Waals surface area contributed by atoms with Gasteiger partial charge in [-0.15, -0.1) is 0 Å². The van der Waals surface area contributed by atoms with Crippen LogP contribution in [-0.2, 0) is 6.42 Å². The van der Waals surface area contributed by atoms with E-state index in [0.29, 0.717) is 11.7 Å². The highest BCUT2D eigenvalue weighted by Crippen LogP contribution is 2.47. The summed E-state index contributed by atoms with van der Waals surface area (Å²) in [4.78, 5) is 2.48. The Bertz CT molecular complexity index is 1010. The first-order valence-electron chi connectivity index (χ1n) is 13.0. The summed E-state index contributed by atoms with van der Waals surface area (Å²) < 4.78 is 6.03. The fourth-order valence-electron chi connectivity index (χ4n) is 5.35. The average molecular weight is 458 g/mol. The zero-order valence-corrected chi connectivity index (χ0v) is 20.7. The number of ether oxygens (including phenoxy) is 1. The van der Waals surface area contributed by atoms with E-state index >= 15 is 0 Å². The number of hydrogen-bond donors (Lipinski definition) is 1. The summed E-state index contributed by atoms with van der Waals surface area (Å²) >= 11 is 0. The van der Waals surface area contributed by atoms with Gasteiger partial charge in [0, 0.05) is 12.5 Å². The zero-order chi connectivity index (χ0) is 23.8. The molecule has 1 aliphatic carbocycles. The Balaban J connectivity index is 0.000000868. The number of nitrogens with zero attached hydrogens (tertiary/aromatic N) is 1. The Morgan fingerprint density at radius 3 is 2.29 bits per heavy atom. The molecule has 3 heteroatoms. The molecular formula is C31H39NO2. The second-order valence-corrected chi connectivity index (χ2v) is 9.59. The minimum Gasteiger partial charge on any atom is -0.508 e. The van der Waals surface area contributed by atoms with Crippen molar-refractivity contribution in [3.63, 3.8) is 0 Å². The Labute approximate surface area is 205 Å². The molecule has 1 heterocycles. The maximum absolute atomic E-state index is 10.0. The summed E-state index contributed by atoms with van der Waals surface area (Å²) in [6.45, 7) is 8.43. The second kappa shape index (κ2) is 12.1. The average Bonchev–Trinajstić information content (AvgIpc) is 3.38. The fraction of sp³-hybridized carbons (Fsp3) is 0.419. The number of fused-ring (bicyclic) bond motifs is 1. The van der Waals surface area contributed by atoms with Crippen LogP contribution in [0.1, 0.15) is 73.6 Å². The first kappa shape index (κ1) is 24.3. The highest BCUT2D eigenvalue weighted by atomic mass is 16.5. The Kier molecular flexibility index (Phi) is 8.65. The largest absolute Gasteiger partial charge is 0.508 e. The maximum Gasteiger partial charge on any atom is 0.119 e. The molecule has 3 aromatic rings. The molecule has 0 bridgehead atoms. The van der Waals surface area contributed by atoms with Gasteiger partial charge >= 0.3 is 0 Å². The van der Waals surface area contributed by atoms with Gasteiger partial charge in [0.2, 0.25) is 0 Å². The molecule has 5 rings (SSSR count). The second-order valence-electron chi connectivity index (χ2n) is 9.59. The van der Waals surface area contributed by atoms with E-state index in [1.807, 2.05) is 12.1 Å². The van der Waals surface area contributed by atoms with Crippen LogP contribution in [0.25, 0.3) is 0 Å². The molecule has 2 atom stereocenters. The normalized spacial score (nSPS) is 19.7. The number of benzene rings is 3. The van der Waals surface area contributed by atoms with Gasteiger partial charge in [0.05, 0.1) is 0 Å². The third-order valence-corrected chi connectivity index (χ3v) is 6.93. The topological polar surface area (TPSA) is 32.7 Å². The predicted octanol–water partition coefficient (Wildman–Crippen LogP) is 7.15. The van der Waals surface area contributed by atoms with Gasteiger partial charge in [-0.1, -0.05) is 68.8 Å². The van der Waals surface area contributed by atoms with Gasteiger partial charge in [-0.25, -0.2) is 0 Å². The van der Waals surface area contributed by atoms with Gasteiger partial charge < -0.3 is 9.84 Å². The lowest BCUT2D eigenvalue weighted by molar-refractivity contribution is 0.237. The summed E-state index contributed by atoms with van der Waals surface area (Å²) in [5, 5.41) is 10.0. The summed E-state index contributed by atoms with van der Waals surface area (Å²) in [6.07, 6.45) is 5.96. The minimum atomic E-state index is 0.283. The van der Waals surface area contributed by atoms with Crippen molar-refractivity contribution in [2.24, 2.45) is 0 Å². The van der Waals surface area contributed by atoms with Gasteiger partial charge in [0.1, 0.15) is 18.1 Å². The molecule has 1 N–H and O–H groups in total. The van der Waals surface area contributed by atoms with E-state index in [0.717, 1.165) is 31.7 Å². The zero-order valence-electron chi connectivity index (χ0n) is 20.7. The van der Waals surface area contributed by atoms with E-state index in [1.54, 1.807) is 0 Å². The van der Waals surface area contributed by atoms with E-state index in [-0.39, 0.29) is 5.92 Å². The SMILES string of the molecule is CCC.Oc1ccc2c(c1)CCC(c1ccccc1)C2c1ccc(OCCN2CCCC2)cc1. The van der Waals surface area contributed by atoms with Crippen LogP contribution in [0.2, 0.25) is 0 Å². The lowest BCUT2D eigenvalue weighted by Gasteiger charge is -2.35. The van der Waals surface area contributed by atoms with Crippen LogP contribution in [0.4, 0.5) is 0 Å². The van der Waals surface area contributed by atoms with Crippen LogP contribution >= 0.6 is 0 Å². The Morgan fingerprint density at radius 1 is 0.882 bits per heavy atom. The third-order valence-electron chi connectivity index (χ3n) is 6.93. The van der Waals surface area contributed by atoms with Crippen LogP contribution in [-0.4, -0.2) is 36.2 Å². The Hall–Kier alpha value is -2.78. The summed E-state index contributed by atoms with van der Waals surface area (Å²) in [7, 11) is 0. The maximum atomic E-state index is 10.0. The first-order valence-corrected chi connectivity index (χ1v) is 13.0. The highest BCUT2D eigenvalue weighted by molar-refractivity contribution is 5.48. The fourth-order valence-corrected chi connectivity index (χ4v) is 5.35. The molecule has 3 aromatic carbocycles. The van der Waals surface area contributed by atoms with Crippen molar-refractivity contribution >= 4 is 0 Å². The molecule has 0 aromatic heterocycles. The molecule has 0 spiro atoms. The molecule has 34 heavy (non-hydrogen) atoms. The monoisotopic (exact) mass is 457 g/mol. The molecule has 0 amide bonds. The molecule has 3 nitrogen and oxygen atoms in total. The molecule has 2 unspecified atom stereocenters. The lowest BCUT2D eigenvalue weighted by Crippen LogP contribution is -2.25. The molecule has 180 valence electrons. The van der Waals surface area contributed by atoms with Crippen LogP contribution < -0.4 is 4.74 Å². The first-order chi connectivity index (χ1) is 16.7. The summed E-state index contributed by atoms with van der Waals surface area (Å²) in [6, 6.07) is 25.4. The smallest absolute Gasteiger partial charge is 0.119 e. The molecule has 1 fully saturated rings. The number of phenols is 1. The van der Waals surface area contributed by atoms with Crippen LogP contribution in [0.5, 0.6) is 11.5 Å². The molecule has 1 aliphatic heterocycles. The van der Waals surface area contributed by atoms with Crippen molar-refractivity contribution < 1.29 is 9.84 Å². The van der Waals surface area contributed by atoms with Gasteiger partial charge in [-0.05, 0) is 91.2 Å². The number of aryl methyl sites for hydroxylation is 1. The highest BCUT2D eigenvalue weighted by Gasteiger charge is 2.32. The minimum absolute atomic E-state index is 0.283. The lowest BCUT2D eigenvalue weighted by atomic mass is 9.69. The predicted molar refractivity (Wildman–Crippen MR) is 141 cm³/mol. The van der Waals surface area contributed by atoms with E-state index in [4.69, 9.17) is 4.74 Å².